The van der Waals surface area contributed by atoms with Crippen molar-refractivity contribution in [2.75, 3.05) is 6.54 Å². The highest BCUT2D eigenvalue weighted by Gasteiger charge is 2.30. The molecular formula is C18H14N4O3S. The number of aromatic nitrogens is 1. The number of phenols is 2. The van der Waals surface area contributed by atoms with Crippen LogP contribution < -0.4 is 0 Å². The molecule has 1 aromatic heterocycles. The van der Waals surface area contributed by atoms with Gasteiger partial charge in [0.15, 0.2) is 17.3 Å². The van der Waals surface area contributed by atoms with Gasteiger partial charge in [-0.15, -0.1) is 11.3 Å². The van der Waals surface area contributed by atoms with E-state index in [4.69, 9.17) is 5.41 Å². The molecule has 0 fully saturated rings. The third-order valence-electron chi connectivity index (χ3n) is 3.94. The van der Waals surface area contributed by atoms with Crippen molar-refractivity contribution in [1.82, 2.24) is 9.99 Å². The number of hydrazone groups is 1. The molecule has 0 unspecified atom stereocenters. The number of aromatic hydroxyl groups is 2. The number of aliphatic hydroxyl groups excluding tert-OH is 1. The average molecular weight is 366 g/mol. The van der Waals surface area contributed by atoms with Gasteiger partial charge in [-0.1, -0.05) is 12.1 Å². The number of amidine groups is 1. The van der Waals surface area contributed by atoms with Crippen molar-refractivity contribution in [3.63, 3.8) is 0 Å². The summed E-state index contributed by atoms with van der Waals surface area (Å²) in [6.07, 6.45) is 1.45. The van der Waals surface area contributed by atoms with Crippen molar-refractivity contribution in [2.24, 2.45) is 5.10 Å². The van der Waals surface area contributed by atoms with E-state index in [1.807, 2.05) is 24.3 Å². The average Bonchev–Trinajstić information content (AvgIpc) is 3.16. The molecule has 1 aliphatic rings. The summed E-state index contributed by atoms with van der Waals surface area (Å²) in [5.41, 5.74) is 1.75. The Morgan fingerprint density at radius 1 is 1.12 bits per heavy atom. The number of fused-ring (bicyclic) bond motifs is 1. The van der Waals surface area contributed by atoms with Crippen molar-refractivity contribution in [1.29, 1.82) is 5.41 Å². The van der Waals surface area contributed by atoms with Crippen molar-refractivity contribution in [2.45, 2.75) is 0 Å². The molecule has 4 rings (SSSR count). The molecular weight excluding hydrogens is 352 g/mol. The molecule has 26 heavy (non-hydrogen) atoms. The molecule has 0 aliphatic carbocycles. The van der Waals surface area contributed by atoms with E-state index in [2.05, 4.69) is 10.1 Å². The van der Waals surface area contributed by atoms with Crippen molar-refractivity contribution < 1.29 is 15.3 Å². The lowest BCUT2D eigenvalue weighted by molar-refractivity contribution is 0.358. The molecule has 0 saturated carbocycles. The van der Waals surface area contributed by atoms with Crippen molar-refractivity contribution >= 4 is 39.2 Å². The van der Waals surface area contributed by atoms with Gasteiger partial charge in [-0.05, 0) is 35.9 Å². The summed E-state index contributed by atoms with van der Waals surface area (Å²) in [5.74, 6) is -0.365. The van der Waals surface area contributed by atoms with Crippen LogP contribution in [0.15, 0.2) is 53.3 Å². The molecule has 2 aromatic carbocycles. The lowest BCUT2D eigenvalue weighted by Gasteiger charge is -2.11. The van der Waals surface area contributed by atoms with Crippen LogP contribution in [0.5, 0.6) is 11.5 Å². The van der Waals surface area contributed by atoms with Gasteiger partial charge < -0.3 is 15.3 Å². The highest BCUT2D eigenvalue weighted by Crippen LogP contribution is 2.33. The Kier molecular flexibility index (Phi) is 3.81. The van der Waals surface area contributed by atoms with Crippen LogP contribution in [0.1, 0.15) is 10.6 Å². The molecule has 0 bridgehead atoms. The van der Waals surface area contributed by atoms with Crippen LogP contribution >= 0.6 is 11.3 Å². The van der Waals surface area contributed by atoms with E-state index in [9.17, 15) is 15.3 Å². The highest BCUT2D eigenvalue weighted by atomic mass is 32.1. The van der Waals surface area contributed by atoms with Gasteiger partial charge in [0.2, 0.25) is 0 Å². The molecule has 0 saturated heterocycles. The van der Waals surface area contributed by atoms with E-state index in [-0.39, 0.29) is 29.6 Å². The molecule has 0 atom stereocenters. The zero-order valence-electron chi connectivity index (χ0n) is 13.4. The summed E-state index contributed by atoms with van der Waals surface area (Å²) in [5, 5.41) is 43.6. The van der Waals surface area contributed by atoms with Gasteiger partial charge in [-0.2, -0.15) is 5.10 Å². The molecule has 1 aliphatic heterocycles. The Labute approximate surface area is 152 Å². The Bertz CT molecular complexity index is 1050. The standard InChI is InChI=1S/C18H14N4O3S/c19-17-16(18-21-11-3-1-2-4-15(11)26-18)14(25)9-22(17)20-8-10-5-6-12(23)13(24)7-10/h1-8,19,23-25H,9H2/b19-17?,20-8+. The topological polar surface area (TPSA) is 113 Å². The number of aliphatic hydroxyl groups is 1. The second-order valence-electron chi connectivity index (χ2n) is 5.71. The van der Waals surface area contributed by atoms with Gasteiger partial charge in [-0.3, -0.25) is 5.41 Å². The molecule has 8 heteroatoms. The Morgan fingerprint density at radius 3 is 2.69 bits per heavy atom. The monoisotopic (exact) mass is 366 g/mol. The lowest BCUT2D eigenvalue weighted by Crippen LogP contribution is -2.20. The van der Waals surface area contributed by atoms with E-state index >= 15 is 0 Å². The maximum absolute atomic E-state index is 10.3. The zero-order valence-corrected chi connectivity index (χ0v) is 14.2. The summed E-state index contributed by atoms with van der Waals surface area (Å²) < 4.78 is 0.983. The van der Waals surface area contributed by atoms with E-state index < -0.39 is 0 Å². The van der Waals surface area contributed by atoms with Crippen LogP contribution in [0.4, 0.5) is 0 Å². The molecule has 0 amide bonds. The Morgan fingerprint density at radius 2 is 1.92 bits per heavy atom. The van der Waals surface area contributed by atoms with Crippen LogP contribution in [0.2, 0.25) is 0 Å². The minimum Gasteiger partial charge on any atom is -0.509 e. The van der Waals surface area contributed by atoms with Crippen LogP contribution in [-0.4, -0.2) is 43.9 Å². The molecule has 0 radical (unpaired) electrons. The number of para-hydroxylation sites is 1. The van der Waals surface area contributed by atoms with E-state index in [0.717, 1.165) is 10.2 Å². The second kappa shape index (κ2) is 6.16. The minimum absolute atomic E-state index is 0.0414. The molecule has 7 nitrogen and oxygen atoms in total. The number of hydrogen-bond acceptors (Lipinski definition) is 7. The number of benzene rings is 2. The number of nitrogens with one attached hydrogen (secondary N) is 1. The fourth-order valence-corrected chi connectivity index (χ4v) is 3.66. The van der Waals surface area contributed by atoms with Gasteiger partial charge in [0.05, 0.1) is 22.0 Å². The zero-order chi connectivity index (χ0) is 18.3. The first-order chi connectivity index (χ1) is 12.5. The first-order valence-electron chi connectivity index (χ1n) is 7.73. The van der Waals surface area contributed by atoms with Crippen molar-refractivity contribution in [3.05, 3.63) is 58.8 Å². The van der Waals surface area contributed by atoms with Gasteiger partial charge in [-0.25, -0.2) is 9.99 Å². The fourth-order valence-electron chi connectivity index (χ4n) is 2.63. The second-order valence-corrected chi connectivity index (χ2v) is 6.74. The lowest BCUT2D eigenvalue weighted by atomic mass is 10.2. The first kappa shape index (κ1) is 16.1. The number of thiazole rings is 1. The third kappa shape index (κ3) is 2.76. The highest BCUT2D eigenvalue weighted by molar-refractivity contribution is 7.19. The summed E-state index contributed by atoms with van der Waals surface area (Å²) in [4.78, 5) is 4.49. The van der Waals surface area contributed by atoms with E-state index in [1.54, 1.807) is 6.07 Å². The predicted molar refractivity (Wildman–Crippen MR) is 101 cm³/mol. The molecule has 130 valence electrons. The molecule has 2 heterocycles. The van der Waals surface area contributed by atoms with E-state index in [1.165, 1.54) is 34.7 Å². The van der Waals surface area contributed by atoms with Crippen LogP contribution in [0, 0.1) is 5.41 Å². The van der Waals surface area contributed by atoms with Gasteiger partial charge in [0, 0.05) is 0 Å². The maximum atomic E-state index is 10.3. The maximum Gasteiger partial charge on any atom is 0.158 e. The Balaban J connectivity index is 1.59. The number of hydrogen-bond donors (Lipinski definition) is 4. The fraction of sp³-hybridized carbons (Fsp3) is 0.0556. The number of rotatable bonds is 3. The van der Waals surface area contributed by atoms with Gasteiger partial charge in [0.1, 0.15) is 17.3 Å². The van der Waals surface area contributed by atoms with Gasteiger partial charge in [0.25, 0.3) is 0 Å². The predicted octanol–water partition coefficient (Wildman–Crippen LogP) is 3.30. The molecule has 3 aromatic rings. The van der Waals surface area contributed by atoms with Crippen LogP contribution in [0.25, 0.3) is 15.8 Å². The van der Waals surface area contributed by atoms with Crippen LogP contribution in [0.3, 0.4) is 0 Å². The minimum atomic E-state index is -0.249. The first-order valence-corrected chi connectivity index (χ1v) is 8.55. The van der Waals surface area contributed by atoms with Crippen LogP contribution in [-0.2, 0) is 0 Å². The summed E-state index contributed by atoms with van der Waals surface area (Å²) in [6.45, 7) is 0.0741. The number of nitrogens with zero attached hydrogens (tertiary/aromatic N) is 3. The molecule has 4 N–H and O–H groups in total. The third-order valence-corrected chi connectivity index (χ3v) is 4.99. The summed E-state index contributed by atoms with van der Waals surface area (Å²) in [7, 11) is 0. The largest absolute Gasteiger partial charge is 0.509 e. The molecule has 0 spiro atoms. The SMILES string of the molecule is N=C1C(c2nc3ccccc3s2)=C(O)CN1/N=C/c1ccc(O)c(O)c1. The Hall–Kier alpha value is -3.39. The van der Waals surface area contributed by atoms with Crippen molar-refractivity contribution in [3.8, 4) is 11.5 Å². The van der Waals surface area contributed by atoms with Gasteiger partial charge >= 0.3 is 0 Å². The quantitative estimate of drug-likeness (QED) is 0.420. The summed E-state index contributed by atoms with van der Waals surface area (Å²) in [6, 6.07) is 11.9. The summed E-state index contributed by atoms with van der Waals surface area (Å²) >= 11 is 1.41. The number of phenolic OH excluding ortho intramolecular Hbond substituents is 2. The smallest absolute Gasteiger partial charge is 0.158 e. The van der Waals surface area contributed by atoms with E-state index in [0.29, 0.717) is 16.1 Å². The normalized spacial score (nSPS) is 14.9.